The molecule has 11 heteroatoms. The molecular formula is C12H16N8O3. The largest absolute Gasteiger partial charge is 0.477 e. The van der Waals surface area contributed by atoms with E-state index in [1.807, 2.05) is 6.92 Å². The molecule has 0 unspecified atom stereocenters. The van der Waals surface area contributed by atoms with Gasteiger partial charge in [-0.25, -0.2) is 9.48 Å². The molecule has 11 nitrogen and oxygen atoms in total. The van der Waals surface area contributed by atoms with Gasteiger partial charge in [-0.05, 0) is 17.4 Å². The van der Waals surface area contributed by atoms with Crippen molar-refractivity contribution in [1.82, 2.24) is 39.8 Å². The first kappa shape index (κ1) is 13.5. The van der Waals surface area contributed by atoms with E-state index in [0.717, 1.165) is 14.5 Å². The van der Waals surface area contributed by atoms with Gasteiger partial charge >= 0.3 is 5.69 Å². The van der Waals surface area contributed by atoms with Crippen LogP contribution in [0.4, 0.5) is 0 Å². The normalized spacial score (nSPS) is 11.5. The summed E-state index contributed by atoms with van der Waals surface area (Å²) in [5.41, 5.74) is 0.110. The van der Waals surface area contributed by atoms with Gasteiger partial charge in [0.15, 0.2) is 7.23 Å². The van der Waals surface area contributed by atoms with E-state index in [1.54, 1.807) is 13.1 Å². The highest BCUT2D eigenvalue weighted by atomic mass is 16.5. The maximum atomic E-state index is 12.2. The predicted octanol–water partition coefficient (Wildman–Crippen LogP) is -0.600. The summed E-state index contributed by atoms with van der Waals surface area (Å²) in [4.78, 5) is 12.2. The van der Waals surface area contributed by atoms with Gasteiger partial charge in [0.1, 0.15) is 6.61 Å². The highest BCUT2D eigenvalue weighted by Crippen LogP contribution is 2.24. The molecule has 0 atom stereocenters. The van der Waals surface area contributed by atoms with Gasteiger partial charge in [-0.1, -0.05) is 0 Å². The Hall–Kier alpha value is -3.11. The van der Waals surface area contributed by atoms with E-state index in [0.29, 0.717) is 23.9 Å². The van der Waals surface area contributed by atoms with Crippen LogP contribution in [0.25, 0.3) is 5.82 Å². The van der Waals surface area contributed by atoms with Crippen LogP contribution in [0.1, 0.15) is 12.5 Å². The minimum atomic E-state index is -0.419. The molecule has 0 fully saturated rings. The average molecular weight is 322 g/mol. The van der Waals surface area contributed by atoms with Gasteiger partial charge < -0.3 is 9.47 Å². The van der Waals surface area contributed by atoms with Crippen molar-refractivity contribution in [3.8, 4) is 17.6 Å². The number of nitrogens with one attached hydrogen (secondary N) is 1. The minimum Gasteiger partial charge on any atom is -0.477 e. The van der Waals surface area contributed by atoms with Crippen molar-refractivity contribution in [1.29, 1.82) is 0 Å². The Bertz CT molecular complexity index is 908. The molecule has 0 saturated carbocycles. The van der Waals surface area contributed by atoms with Crippen LogP contribution in [-0.2, 0) is 20.7 Å². The van der Waals surface area contributed by atoms with Gasteiger partial charge in [0.2, 0.25) is 11.8 Å². The summed E-state index contributed by atoms with van der Waals surface area (Å²) in [5, 5.41) is 16.5. The van der Waals surface area contributed by atoms with E-state index in [4.69, 9.17) is 10.9 Å². The van der Waals surface area contributed by atoms with Crippen molar-refractivity contribution in [3.63, 3.8) is 0 Å². The third-order valence-electron chi connectivity index (χ3n) is 3.08. The first-order valence-electron chi connectivity index (χ1n) is 7.31. The van der Waals surface area contributed by atoms with Crippen molar-refractivity contribution in [2.75, 3.05) is 6.61 Å². The fraction of sp³-hybridized carbons (Fsp3) is 0.417. The standard InChI is InChI=1S/C12H16N8O3/c1-4-22-10-8(7-23-9-5-6-13-14-9)11(18(2)15-10)20-12(21)19(3)16-17-20/h5-6H,4,7H2,1-3H3,(H,13,14)/i/hT. The number of aromatic amines is 1. The number of aryl methyl sites for hydroxylation is 2. The first-order valence-corrected chi connectivity index (χ1v) is 6.87. The molecule has 3 aromatic rings. The Morgan fingerprint density at radius 3 is 2.74 bits per heavy atom. The molecule has 0 spiro atoms. The Morgan fingerprint density at radius 2 is 2.13 bits per heavy atom. The number of ether oxygens (including phenoxy) is 2. The molecule has 23 heavy (non-hydrogen) atoms. The molecule has 3 heterocycles. The highest BCUT2D eigenvalue weighted by Gasteiger charge is 2.23. The Morgan fingerprint density at radius 1 is 1.30 bits per heavy atom. The van der Waals surface area contributed by atoms with Gasteiger partial charge in [0.05, 0.1) is 12.2 Å². The number of tetrazole rings is 1. The van der Waals surface area contributed by atoms with Crippen molar-refractivity contribution >= 4 is 0 Å². The summed E-state index contributed by atoms with van der Waals surface area (Å²) in [5.74, 6) is 0.994. The quantitative estimate of drug-likeness (QED) is 0.644. The van der Waals surface area contributed by atoms with Crippen molar-refractivity contribution in [2.24, 2.45) is 14.1 Å². The van der Waals surface area contributed by atoms with E-state index in [9.17, 15) is 4.79 Å². The molecule has 0 aliphatic heterocycles. The molecule has 0 aliphatic rings. The van der Waals surface area contributed by atoms with Crippen molar-refractivity contribution < 1.29 is 10.9 Å². The maximum Gasteiger partial charge on any atom is 0.369 e. The third-order valence-corrected chi connectivity index (χ3v) is 3.08. The van der Waals surface area contributed by atoms with Crippen LogP contribution < -0.4 is 15.2 Å². The lowest BCUT2D eigenvalue weighted by molar-refractivity contribution is 0.274. The fourth-order valence-corrected chi connectivity index (χ4v) is 2.07. The van der Waals surface area contributed by atoms with Gasteiger partial charge in [-0.2, -0.15) is 4.68 Å². The summed E-state index contributed by atoms with van der Waals surface area (Å²) in [7, 11) is 3.17. The van der Waals surface area contributed by atoms with E-state index in [1.165, 1.54) is 17.9 Å². The second-order valence-electron chi connectivity index (χ2n) is 4.62. The molecule has 0 bridgehead atoms. The molecule has 0 saturated heterocycles. The Balaban J connectivity index is 2.01. The summed E-state index contributed by atoms with van der Waals surface area (Å²) in [6, 6.07) is 1.55. The topological polar surface area (TPSA) is 118 Å². The Labute approximate surface area is 131 Å². The lowest BCUT2D eigenvalue weighted by atomic mass is 10.3. The van der Waals surface area contributed by atoms with Gasteiger partial charge in [-0.3, -0.25) is 5.09 Å². The molecule has 0 aliphatic carbocycles. The molecule has 1 N–H and O–H groups in total. The molecule has 3 aromatic heterocycles. The Kier molecular flexibility index (Phi) is 3.50. The summed E-state index contributed by atoms with van der Waals surface area (Å²) < 4.78 is 22.1. The summed E-state index contributed by atoms with van der Waals surface area (Å²) in [6.07, 6.45) is 1.44. The SMILES string of the molecule is [3H]n1ccc(OCc2c(OCC)nn(C)c2-n2nnn(C)c2=O)n1. The third kappa shape index (κ3) is 2.67. The van der Waals surface area contributed by atoms with Crippen LogP contribution >= 0.6 is 0 Å². The predicted molar refractivity (Wildman–Crippen MR) is 77.5 cm³/mol. The van der Waals surface area contributed by atoms with E-state index in [2.05, 4.69) is 20.6 Å². The van der Waals surface area contributed by atoms with Crippen LogP contribution in [0, 0.1) is 0 Å². The molecule has 0 aromatic carbocycles. The molecule has 3 rings (SSSR count). The lowest BCUT2D eigenvalue weighted by Gasteiger charge is -2.06. The van der Waals surface area contributed by atoms with Crippen molar-refractivity contribution in [2.45, 2.75) is 13.5 Å². The van der Waals surface area contributed by atoms with E-state index in [-0.39, 0.29) is 12.5 Å². The van der Waals surface area contributed by atoms with Crippen molar-refractivity contribution in [3.05, 3.63) is 28.3 Å². The zero-order valence-corrected chi connectivity index (χ0v) is 12.9. The van der Waals surface area contributed by atoms with Crippen LogP contribution in [0.2, 0.25) is 1.41 Å². The zero-order chi connectivity index (χ0) is 17.3. The van der Waals surface area contributed by atoms with Crippen LogP contribution in [0.3, 0.4) is 0 Å². The summed E-state index contributed by atoms with van der Waals surface area (Å²) >= 11 is 0. The molecule has 0 amide bonds. The van der Waals surface area contributed by atoms with Gasteiger partial charge in [-0.15, -0.1) is 14.9 Å². The number of aromatic nitrogens is 8. The number of nitrogens with zero attached hydrogens (tertiary/aromatic N) is 7. The monoisotopic (exact) mass is 322 g/mol. The maximum absolute atomic E-state index is 12.2. The van der Waals surface area contributed by atoms with E-state index >= 15 is 0 Å². The first-order chi connectivity index (χ1) is 11.5. The lowest BCUT2D eigenvalue weighted by Crippen LogP contribution is -2.24. The van der Waals surface area contributed by atoms with Crippen LogP contribution in [0.15, 0.2) is 17.1 Å². The highest BCUT2D eigenvalue weighted by molar-refractivity contribution is 5.41. The average Bonchev–Trinajstić information content (AvgIpc) is 3.18. The molecule has 0 radical (unpaired) electrons. The second kappa shape index (κ2) is 5.94. The number of rotatable bonds is 6. The number of H-pyrrole nitrogens is 1. The fourth-order valence-electron chi connectivity index (χ4n) is 2.07. The van der Waals surface area contributed by atoms with Gasteiger partial charge in [0, 0.05) is 26.4 Å². The number of hydrogen-bond acceptors (Lipinski definition) is 7. The smallest absolute Gasteiger partial charge is 0.369 e. The molecular weight excluding hydrogens is 304 g/mol. The molecule has 122 valence electrons. The summed E-state index contributed by atoms with van der Waals surface area (Å²) in [6.45, 7) is 2.27. The van der Waals surface area contributed by atoms with Crippen LogP contribution in [0.5, 0.6) is 11.8 Å². The van der Waals surface area contributed by atoms with Gasteiger partial charge in [0.25, 0.3) is 0 Å². The number of hydrogen-bond donors (Lipinski definition) is 1. The minimum absolute atomic E-state index is 0.0402. The van der Waals surface area contributed by atoms with E-state index < -0.39 is 5.69 Å². The second-order valence-corrected chi connectivity index (χ2v) is 4.62. The van der Waals surface area contributed by atoms with Crippen LogP contribution in [-0.4, -0.2) is 46.4 Å². The zero-order valence-electron chi connectivity index (χ0n) is 13.9.